The number of anilines is 1. The van der Waals surface area contributed by atoms with Gasteiger partial charge in [0.15, 0.2) is 0 Å². The molecule has 1 aliphatic rings. The van der Waals surface area contributed by atoms with E-state index in [1.165, 1.54) is 0 Å². The van der Waals surface area contributed by atoms with Crippen molar-refractivity contribution in [3.8, 4) is 11.3 Å². The second kappa shape index (κ2) is 5.30. The summed E-state index contributed by atoms with van der Waals surface area (Å²) < 4.78 is 0. The molecule has 0 radical (unpaired) electrons. The lowest BCUT2D eigenvalue weighted by atomic mass is 9.98. The van der Waals surface area contributed by atoms with Crippen LogP contribution in [0.15, 0.2) is 29.4 Å². The van der Waals surface area contributed by atoms with Crippen molar-refractivity contribution >= 4 is 17.4 Å². The van der Waals surface area contributed by atoms with E-state index in [1.807, 2.05) is 18.2 Å². The zero-order valence-electron chi connectivity index (χ0n) is 11.6. The van der Waals surface area contributed by atoms with E-state index in [1.54, 1.807) is 17.9 Å². The molecular formula is C14H14N6O. The van der Waals surface area contributed by atoms with Crippen molar-refractivity contribution < 1.29 is 4.79 Å². The summed E-state index contributed by atoms with van der Waals surface area (Å²) >= 11 is 0. The lowest BCUT2D eigenvalue weighted by Gasteiger charge is -2.28. The van der Waals surface area contributed by atoms with E-state index in [-0.39, 0.29) is 5.91 Å². The van der Waals surface area contributed by atoms with Crippen LogP contribution in [-0.2, 0) is 11.2 Å². The summed E-state index contributed by atoms with van der Waals surface area (Å²) in [5.41, 5.74) is 12.2. The number of carbonyl (C=O) groups excluding carboxylic acids is 1. The van der Waals surface area contributed by atoms with Crippen molar-refractivity contribution in [3.05, 3.63) is 40.3 Å². The van der Waals surface area contributed by atoms with E-state index in [9.17, 15) is 4.79 Å². The summed E-state index contributed by atoms with van der Waals surface area (Å²) in [4.78, 5) is 16.2. The minimum Gasteiger partial charge on any atom is -0.312 e. The van der Waals surface area contributed by atoms with Gasteiger partial charge in [0.2, 0.25) is 5.91 Å². The first kappa shape index (κ1) is 13.2. The number of nitrogens with zero attached hydrogens (tertiary/aromatic N) is 5. The predicted molar refractivity (Wildman–Crippen MR) is 79.2 cm³/mol. The van der Waals surface area contributed by atoms with Gasteiger partial charge in [-0.2, -0.15) is 5.10 Å². The smallest absolute Gasteiger partial charge is 0.223 e. The van der Waals surface area contributed by atoms with Crippen molar-refractivity contribution in [2.45, 2.75) is 19.8 Å². The summed E-state index contributed by atoms with van der Waals surface area (Å²) in [6, 6.07) is 7.62. The number of carbonyl (C=O) groups is 1. The molecule has 0 fully saturated rings. The first-order chi connectivity index (χ1) is 10.2. The van der Waals surface area contributed by atoms with Crippen LogP contribution in [0.25, 0.3) is 21.7 Å². The summed E-state index contributed by atoms with van der Waals surface area (Å²) in [5, 5.41) is 10.3. The molecular weight excluding hydrogens is 268 g/mol. The van der Waals surface area contributed by atoms with Crippen molar-refractivity contribution in [1.82, 2.24) is 10.2 Å². The van der Waals surface area contributed by atoms with Gasteiger partial charge in [0, 0.05) is 29.6 Å². The van der Waals surface area contributed by atoms with E-state index in [2.05, 4.69) is 20.2 Å². The Labute approximate surface area is 121 Å². The molecule has 0 unspecified atom stereocenters. The van der Waals surface area contributed by atoms with Crippen LogP contribution in [0.3, 0.4) is 0 Å². The third kappa shape index (κ3) is 2.46. The standard InChI is InChI=1S/C14H14N6O/c1-9(21)20-6-2-3-11-7-10(4-5-13(11)20)12-8-14(17-16-12)18-19-15/h4-5,7-8H,2-3,6H2,1H3,(H,16,17). The zero-order valence-corrected chi connectivity index (χ0v) is 11.6. The topological polar surface area (TPSA) is 97.8 Å². The maximum atomic E-state index is 11.7. The molecule has 0 saturated carbocycles. The highest BCUT2D eigenvalue weighted by Crippen LogP contribution is 2.31. The highest BCUT2D eigenvalue weighted by molar-refractivity contribution is 5.93. The summed E-state index contributed by atoms with van der Waals surface area (Å²) in [6.07, 6.45) is 1.90. The van der Waals surface area contributed by atoms with Gasteiger partial charge >= 0.3 is 0 Å². The number of aryl methyl sites for hydroxylation is 1. The number of rotatable bonds is 2. The van der Waals surface area contributed by atoms with Crippen LogP contribution in [0.1, 0.15) is 18.9 Å². The summed E-state index contributed by atoms with van der Waals surface area (Å²) in [5.74, 6) is 0.449. The van der Waals surface area contributed by atoms with Crippen LogP contribution in [0.5, 0.6) is 0 Å². The third-order valence-electron chi connectivity index (χ3n) is 3.59. The van der Waals surface area contributed by atoms with Crippen molar-refractivity contribution in [2.24, 2.45) is 5.11 Å². The van der Waals surface area contributed by atoms with Gasteiger partial charge in [0.1, 0.15) is 5.82 Å². The Bertz CT molecular complexity index is 744. The van der Waals surface area contributed by atoms with Crippen LogP contribution in [0.4, 0.5) is 11.5 Å². The molecule has 21 heavy (non-hydrogen) atoms. The number of amides is 1. The van der Waals surface area contributed by atoms with Crippen LogP contribution in [0.2, 0.25) is 0 Å². The molecule has 0 bridgehead atoms. The van der Waals surface area contributed by atoms with Gasteiger partial charge in [-0.15, -0.1) is 0 Å². The van der Waals surface area contributed by atoms with Crippen LogP contribution >= 0.6 is 0 Å². The van der Waals surface area contributed by atoms with Gasteiger partial charge < -0.3 is 4.90 Å². The number of aromatic amines is 1. The van der Waals surface area contributed by atoms with Crippen molar-refractivity contribution in [3.63, 3.8) is 0 Å². The van der Waals surface area contributed by atoms with Crippen molar-refractivity contribution in [1.29, 1.82) is 0 Å². The molecule has 3 rings (SSSR count). The van der Waals surface area contributed by atoms with E-state index in [4.69, 9.17) is 5.53 Å². The highest BCUT2D eigenvalue weighted by Gasteiger charge is 2.20. The zero-order chi connectivity index (χ0) is 14.8. The molecule has 2 heterocycles. The van der Waals surface area contributed by atoms with Crippen molar-refractivity contribution in [2.75, 3.05) is 11.4 Å². The monoisotopic (exact) mass is 282 g/mol. The number of hydrogen-bond acceptors (Lipinski definition) is 3. The first-order valence-corrected chi connectivity index (χ1v) is 6.71. The fourth-order valence-corrected chi connectivity index (χ4v) is 2.64. The largest absolute Gasteiger partial charge is 0.312 e. The van der Waals surface area contributed by atoms with Gasteiger partial charge in [-0.25, -0.2) is 0 Å². The third-order valence-corrected chi connectivity index (χ3v) is 3.59. The Kier molecular flexibility index (Phi) is 3.33. The molecule has 0 aliphatic carbocycles. The molecule has 1 aromatic heterocycles. The second-order valence-corrected chi connectivity index (χ2v) is 4.95. The van der Waals surface area contributed by atoms with Crippen LogP contribution in [-0.4, -0.2) is 22.6 Å². The quantitative estimate of drug-likeness (QED) is 0.519. The second-order valence-electron chi connectivity index (χ2n) is 4.95. The molecule has 1 N–H and O–H groups in total. The lowest BCUT2D eigenvalue weighted by molar-refractivity contribution is -0.116. The number of nitrogens with one attached hydrogen (secondary N) is 1. The Morgan fingerprint density at radius 1 is 1.48 bits per heavy atom. The Morgan fingerprint density at radius 3 is 3.10 bits per heavy atom. The summed E-state index contributed by atoms with van der Waals surface area (Å²) in [7, 11) is 0. The molecule has 1 aromatic carbocycles. The molecule has 2 aromatic rings. The average molecular weight is 282 g/mol. The molecule has 0 saturated heterocycles. The Morgan fingerprint density at radius 2 is 2.33 bits per heavy atom. The maximum absolute atomic E-state index is 11.7. The number of fused-ring (bicyclic) bond motifs is 1. The van der Waals surface area contributed by atoms with E-state index >= 15 is 0 Å². The lowest BCUT2D eigenvalue weighted by Crippen LogP contribution is -2.33. The maximum Gasteiger partial charge on any atom is 0.223 e. The average Bonchev–Trinajstić information content (AvgIpc) is 2.95. The molecule has 0 atom stereocenters. The van der Waals surface area contributed by atoms with Crippen LogP contribution in [0, 0.1) is 0 Å². The summed E-state index contributed by atoms with van der Waals surface area (Å²) in [6.45, 7) is 2.36. The minimum absolute atomic E-state index is 0.0640. The highest BCUT2D eigenvalue weighted by atomic mass is 16.2. The first-order valence-electron chi connectivity index (χ1n) is 6.71. The number of H-pyrrole nitrogens is 1. The van der Waals surface area contributed by atoms with Gasteiger partial charge in [0.25, 0.3) is 0 Å². The number of aromatic nitrogens is 2. The molecule has 106 valence electrons. The van der Waals surface area contributed by atoms with Gasteiger partial charge in [0.05, 0.1) is 5.69 Å². The Hall–Kier alpha value is -2.79. The molecule has 7 nitrogen and oxygen atoms in total. The molecule has 1 aliphatic heterocycles. The normalized spacial score (nSPS) is 13.5. The molecule has 1 amide bonds. The van der Waals surface area contributed by atoms with Crippen LogP contribution < -0.4 is 4.90 Å². The fourth-order valence-electron chi connectivity index (χ4n) is 2.64. The van der Waals surface area contributed by atoms with E-state index in [0.717, 1.165) is 41.9 Å². The minimum atomic E-state index is 0.0640. The fraction of sp³-hybridized carbons (Fsp3) is 0.286. The van der Waals surface area contributed by atoms with Gasteiger partial charge in [-0.05, 0) is 47.2 Å². The van der Waals surface area contributed by atoms with E-state index < -0.39 is 0 Å². The predicted octanol–water partition coefficient (Wildman–Crippen LogP) is 3.32. The number of azide groups is 1. The van der Waals surface area contributed by atoms with E-state index in [0.29, 0.717) is 5.82 Å². The van der Waals surface area contributed by atoms with Gasteiger partial charge in [-0.1, -0.05) is 6.07 Å². The van der Waals surface area contributed by atoms with Gasteiger partial charge in [-0.3, -0.25) is 9.89 Å². The number of hydrogen-bond donors (Lipinski definition) is 1. The molecule has 0 spiro atoms. The molecule has 7 heteroatoms. The number of benzene rings is 1. The SMILES string of the molecule is CC(=O)N1CCCc2cc(-c3cc(N=[N+]=[N-])[nH]n3)ccc21. The Balaban J connectivity index is 1.98.